The van der Waals surface area contributed by atoms with Gasteiger partial charge >= 0.3 is 0 Å². The van der Waals surface area contributed by atoms with Crippen LogP contribution in [0.15, 0.2) is 41.0 Å². The Hall–Kier alpha value is -2.60. The van der Waals surface area contributed by atoms with Gasteiger partial charge < -0.3 is 20.2 Å². The maximum atomic E-state index is 12.0. The second-order valence-corrected chi connectivity index (χ2v) is 5.02. The van der Waals surface area contributed by atoms with Gasteiger partial charge in [-0.1, -0.05) is 6.07 Å². The second kappa shape index (κ2) is 6.91. The molecule has 116 valence electrons. The molecule has 0 fully saturated rings. The van der Waals surface area contributed by atoms with E-state index < -0.39 is 6.10 Å². The van der Waals surface area contributed by atoms with Gasteiger partial charge in [0, 0.05) is 17.8 Å². The van der Waals surface area contributed by atoms with E-state index >= 15 is 0 Å². The molecule has 0 aliphatic carbocycles. The quantitative estimate of drug-likeness (QED) is 0.787. The third kappa shape index (κ3) is 3.95. The Balaban J connectivity index is 2.13. The summed E-state index contributed by atoms with van der Waals surface area (Å²) in [4.78, 5) is 24.0. The van der Waals surface area contributed by atoms with Crippen molar-refractivity contribution in [2.24, 2.45) is 0 Å². The fourth-order valence-corrected chi connectivity index (χ4v) is 1.83. The lowest BCUT2D eigenvalue weighted by molar-refractivity contribution is 0.0923. The number of nitrogens with one attached hydrogen (secondary N) is 2. The summed E-state index contributed by atoms with van der Waals surface area (Å²) in [6.07, 6.45) is 0.800. The van der Waals surface area contributed by atoms with Crippen LogP contribution in [0, 0.1) is 6.92 Å². The number of aliphatic hydroxyl groups is 1. The monoisotopic (exact) mass is 302 g/mol. The maximum absolute atomic E-state index is 12.0. The molecule has 1 aromatic heterocycles. The number of aliphatic hydroxyl groups excluding tert-OH is 1. The van der Waals surface area contributed by atoms with Crippen molar-refractivity contribution in [1.82, 2.24) is 5.32 Å². The van der Waals surface area contributed by atoms with Gasteiger partial charge in [-0.05, 0) is 43.7 Å². The average molecular weight is 302 g/mol. The fourth-order valence-electron chi connectivity index (χ4n) is 1.83. The van der Waals surface area contributed by atoms with Crippen LogP contribution < -0.4 is 10.6 Å². The summed E-state index contributed by atoms with van der Waals surface area (Å²) >= 11 is 0. The number of hydrogen-bond acceptors (Lipinski definition) is 4. The van der Waals surface area contributed by atoms with Crippen LogP contribution >= 0.6 is 0 Å². The molecule has 0 saturated carbocycles. The van der Waals surface area contributed by atoms with Gasteiger partial charge in [-0.2, -0.15) is 0 Å². The number of benzene rings is 1. The first-order valence-electron chi connectivity index (χ1n) is 6.89. The highest BCUT2D eigenvalue weighted by atomic mass is 16.3. The van der Waals surface area contributed by atoms with Gasteiger partial charge in [0.15, 0.2) is 5.76 Å². The van der Waals surface area contributed by atoms with E-state index in [0.29, 0.717) is 11.3 Å². The van der Waals surface area contributed by atoms with Crippen molar-refractivity contribution < 1.29 is 19.1 Å². The van der Waals surface area contributed by atoms with E-state index in [4.69, 9.17) is 4.42 Å². The van der Waals surface area contributed by atoms with E-state index in [1.54, 1.807) is 37.3 Å². The molecule has 1 heterocycles. The molecule has 0 radical (unpaired) electrons. The van der Waals surface area contributed by atoms with Crippen LogP contribution in [0.2, 0.25) is 0 Å². The molecular weight excluding hydrogens is 284 g/mol. The van der Waals surface area contributed by atoms with Gasteiger partial charge in [-0.15, -0.1) is 0 Å². The van der Waals surface area contributed by atoms with Crippen LogP contribution in [0.25, 0.3) is 0 Å². The lowest BCUT2D eigenvalue weighted by Crippen LogP contribution is -2.30. The van der Waals surface area contributed by atoms with E-state index in [2.05, 4.69) is 10.6 Å². The van der Waals surface area contributed by atoms with Crippen molar-refractivity contribution in [3.8, 4) is 0 Å². The summed E-state index contributed by atoms with van der Waals surface area (Å²) in [6, 6.07) is 8.18. The topological polar surface area (TPSA) is 91.6 Å². The number of carbonyl (C=O) groups excluding carboxylic acids is 2. The summed E-state index contributed by atoms with van der Waals surface area (Å²) in [5.41, 5.74) is 1.76. The Morgan fingerprint density at radius 1 is 1.27 bits per heavy atom. The summed E-state index contributed by atoms with van der Waals surface area (Å²) < 4.78 is 5.03. The van der Waals surface area contributed by atoms with Gasteiger partial charge in [0.2, 0.25) is 0 Å². The first kappa shape index (κ1) is 15.8. The second-order valence-electron chi connectivity index (χ2n) is 5.02. The minimum Gasteiger partial charge on any atom is -0.459 e. The Morgan fingerprint density at radius 2 is 2.05 bits per heavy atom. The van der Waals surface area contributed by atoms with E-state index in [-0.39, 0.29) is 24.1 Å². The number of aryl methyl sites for hydroxylation is 1. The zero-order chi connectivity index (χ0) is 16.1. The molecular formula is C16H18N2O4. The van der Waals surface area contributed by atoms with Crippen LogP contribution in [0.4, 0.5) is 5.69 Å². The first-order chi connectivity index (χ1) is 10.5. The molecule has 22 heavy (non-hydrogen) atoms. The molecule has 6 heteroatoms. The number of carbonyl (C=O) groups is 2. The molecule has 2 rings (SSSR count). The molecule has 1 unspecified atom stereocenters. The molecule has 0 spiro atoms. The summed E-state index contributed by atoms with van der Waals surface area (Å²) in [5, 5.41) is 14.5. The van der Waals surface area contributed by atoms with Crippen molar-refractivity contribution in [2.75, 3.05) is 11.9 Å². The molecule has 1 atom stereocenters. The first-order valence-corrected chi connectivity index (χ1v) is 6.89. The smallest absolute Gasteiger partial charge is 0.291 e. The molecule has 6 nitrogen and oxygen atoms in total. The van der Waals surface area contributed by atoms with Crippen LogP contribution in [-0.4, -0.2) is 29.6 Å². The van der Waals surface area contributed by atoms with Crippen molar-refractivity contribution in [3.05, 3.63) is 53.5 Å². The zero-order valence-electron chi connectivity index (χ0n) is 12.4. The average Bonchev–Trinajstić information content (AvgIpc) is 3.01. The minimum absolute atomic E-state index is 0.167. The van der Waals surface area contributed by atoms with E-state index in [9.17, 15) is 14.7 Å². The van der Waals surface area contributed by atoms with E-state index in [1.807, 2.05) is 6.92 Å². The summed E-state index contributed by atoms with van der Waals surface area (Å²) in [5.74, 6) is -0.493. The molecule has 2 amide bonds. The number of rotatable bonds is 5. The normalized spacial score (nSPS) is 11.8. The predicted molar refractivity (Wildman–Crippen MR) is 81.9 cm³/mol. The lowest BCUT2D eigenvalue weighted by Gasteiger charge is -2.11. The molecule has 0 aliphatic heterocycles. The number of furan rings is 1. The van der Waals surface area contributed by atoms with Crippen LogP contribution in [0.1, 0.15) is 33.4 Å². The van der Waals surface area contributed by atoms with Crippen LogP contribution in [-0.2, 0) is 0 Å². The standard InChI is InChI=1S/C16H18N2O4/c1-10-5-6-12(15(20)17-9-11(2)19)8-13(10)18-16(21)14-4-3-7-22-14/h3-8,11,19H,9H2,1-2H3,(H,17,20)(H,18,21). The molecule has 0 saturated heterocycles. The number of hydrogen-bond donors (Lipinski definition) is 3. The van der Waals surface area contributed by atoms with Crippen molar-refractivity contribution >= 4 is 17.5 Å². The number of amides is 2. The third-order valence-electron chi connectivity index (χ3n) is 3.05. The molecule has 0 aliphatic rings. The van der Waals surface area contributed by atoms with Gasteiger partial charge in [0.25, 0.3) is 11.8 Å². The van der Waals surface area contributed by atoms with Gasteiger partial charge in [-0.25, -0.2) is 0 Å². The Bertz CT molecular complexity index is 663. The highest BCUT2D eigenvalue weighted by Crippen LogP contribution is 2.18. The highest BCUT2D eigenvalue weighted by Gasteiger charge is 2.13. The van der Waals surface area contributed by atoms with Crippen molar-refractivity contribution in [2.45, 2.75) is 20.0 Å². The predicted octanol–water partition coefficient (Wildman–Crippen LogP) is 1.95. The summed E-state index contributed by atoms with van der Waals surface area (Å²) in [7, 11) is 0. The zero-order valence-corrected chi connectivity index (χ0v) is 12.4. The van der Waals surface area contributed by atoms with Gasteiger partial charge in [-0.3, -0.25) is 9.59 Å². The SMILES string of the molecule is Cc1ccc(C(=O)NCC(C)O)cc1NC(=O)c1ccco1. The Labute approximate surface area is 128 Å². The van der Waals surface area contributed by atoms with Crippen molar-refractivity contribution in [3.63, 3.8) is 0 Å². The maximum Gasteiger partial charge on any atom is 0.291 e. The molecule has 3 N–H and O–H groups in total. The van der Waals surface area contributed by atoms with E-state index in [1.165, 1.54) is 6.26 Å². The molecule has 1 aromatic carbocycles. The van der Waals surface area contributed by atoms with Crippen molar-refractivity contribution in [1.29, 1.82) is 0 Å². The fraction of sp³-hybridized carbons (Fsp3) is 0.250. The van der Waals surface area contributed by atoms with Gasteiger partial charge in [0.05, 0.1) is 12.4 Å². The summed E-state index contributed by atoms with van der Waals surface area (Å²) in [6.45, 7) is 3.58. The van der Waals surface area contributed by atoms with Crippen LogP contribution in [0.5, 0.6) is 0 Å². The number of anilines is 1. The van der Waals surface area contributed by atoms with E-state index in [0.717, 1.165) is 5.56 Å². The molecule has 2 aromatic rings. The van der Waals surface area contributed by atoms with Crippen LogP contribution in [0.3, 0.4) is 0 Å². The highest BCUT2D eigenvalue weighted by molar-refractivity contribution is 6.03. The largest absolute Gasteiger partial charge is 0.459 e. The van der Waals surface area contributed by atoms with Gasteiger partial charge in [0.1, 0.15) is 0 Å². The lowest BCUT2D eigenvalue weighted by atomic mass is 10.1. The minimum atomic E-state index is -0.618. The Morgan fingerprint density at radius 3 is 2.68 bits per heavy atom. The molecule has 0 bridgehead atoms. The third-order valence-corrected chi connectivity index (χ3v) is 3.05. The Kier molecular flexibility index (Phi) is 4.95.